The van der Waals surface area contributed by atoms with Crippen molar-refractivity contribution in [3.8, 4) is 0 Å². The van der Waals surface area contributed by atoms with Gasteiger partial charge < -0.3 is 11.1 Å². The van der Waals surface area contributed by atoms with Crippen LogP contribution in [0.2, 0.25) is 0 Å². The van der Waals surface area contributed by atoms with E-state index in [-0.39, 0.29) is 5.91 Å². The average molecular weight is 369 g/mol. The monoisotopic (exact) mass is 368 g/mol. The Balaban J connectivity index is 3.99. The highest BCUT2D eigenvalue weighted by molar-refractivity contribution is 5.76. The summed E-state index contributed by atoms with van der Waals surface area (Å²) in [4.78, 5) is 12.2. The van der Waals surface area contributed by atoms with Crippen LogP contribution in [0.1, 0.15) is 129 Å². The number of nitrogens with two attached hydrogens (primary N) is 1. The Morgan fingerprint density at radius 3 is 1.65 bits per heavy atom. The molecule has 0 aliphatic rings. The van der Waals surface area contributed by atoms with Gasteiger partial charge in [-0.2, -0.15) is 0 Å². The molecule has 0 aliphatic carbocycles. The number of rotatable bonds is 20. The van der Waals surface area contributed by atoms with Crippen LogP contribution in [0, 0.1) is 0 Å². The van der Waals surface area contributed by atoms with E-state index in [0.29, 0.717) is 12.5 Å². The van der Waals surface area contributed by atoms with Gasteiger partial charge in [0.1, 0.15) is 0 Å². The van der Waals surface area contributed by atoms with Crippen LogP contribution in [0.4, 0.5) is 0 Å². The summed E-state index contributed by atoms with van der Waals surface area (Å²) in [7, 11) is 0. The number of nitrogens with one attached hydrogen (secondary N) is 1. The Hall–Kier alpha value is -0.570. The standard InChI is InChI=1S/C23H48N2O/c1-3-5-7-9-11-14-18-22(19-15-12-10-8-6-4-2)25-23(26)20-16-13-17-21-24/h22H,3-21,24H2,1-2H3,(H,25,26). The minimum Gasteiger partial charge on any atom is -0.353 e. The molecule has 0 bridgehead atoms. The third kappa shape index (κ3) is 18.2. The van der Waals surface area contributed by atoms with Crippen LogP contribution in [-0.4, -0.2) is 18.5 Å². The van der Waals surface area contributed by atoms with Gasteiger partial charge in [0.15, 0.2) is 0 Å². The number of unbranched alkanes of at least 4 members (excludes halogenated alkanes) is 12. The van der Waals surface area contributed by atoms with Gasteiger partial charge in [-0.1, -0.05) is 97.3 Å². The Labute approximate surface area is 164 Å². The van der Waals surface area contributed by atoms with Crippen molar-refractivity contribution in [3.05, 3.63) is 0 Å². The van der Waals surface area contributed by atoms with Crippen LogP contribution < -0.4 is 11.1 Å². The second-order valence-electron chi connectivity index (χ2n) is 7.98. The van der Waals surface area contributed by atoms with Crippen LogP contribution >= 0.6 is 0 Å². The maximum atomic E-state index is 12.2. The topological polar surface area (TPSA) is 55.1 Å². The van der Waals surface area contributed by atoms with E-state index in [1.807, 2.05) is 0 Å². The van der Waals surface area contributed by atoms with Crippen molar-refractivity contribution in [1.82, 2.24) is 5.32 Å². The zero-order valence-electron chi connectivity index (χ0n) is 18.0. The molecule has 0 saturated heterocycles. The molecule has 0 radical (unpaired) electrons. The molecule has 26 heavy (non-hydrogen) atoms. The third-order valence-corrected chi connectivity index (χ3v) is 5.29. The van der Waals surface area contributed by atoms with Crippen molar-refractivity contribution >= 4 is 5.91 Å². The minimum atomic E-state index is 0.254. The summed E-state index contributed by atoms with van der Waals surface area (Å²) in [6.07, 6.45) is 22.0. The van der Waals surface area contributed by atoms with E-state index in [9.17, 15) is 4.79 Å². The maximum Gasteiger partial charge on any atom is 0.220 e. The Morgan fingerprint density at radius 2 is 1.15 bits per heavy atom. The largest absolute Gasteiger partial charge is 0.353 e. The third-order valence-electron chi connectivity index (χ3n) is 5.29. The number of hydrogen-bond acceptors (Lipinski definition) is 2. The van der Waals surface area contributed by atoms with Crippen LogP contribution in [0.5, 0.6) is 0 Å². The van der Waals surface area contributed by atoms with Crippen molar-refractivity contribution in [3.63, 3.8) is 0 Å². The van der Waals surface area contributed by atoms with E-state index >= 15 is 0 Å². The fourth-order valence-corrected chi connectivity index (χ4v) is 3.54. The lowest BCUT2D eigenvalue weighted by Gasteiger charge is -2.19. The first-order chi connectivity index (χ1) is 12.7. The van der Waals surface area contributed by atoms with Crippen molar-refractivity contribution < 1.29 is 4.79 Å². The Kier molecular flexibility index (Phi) is 20.3. The van der Waals surface area contributed by atoms with Crippen molar-refractivity contribution in [2.75, 3.05) is 6.54 Å². The smallest absolute Gasteiger partial charge is 0.220 e. The summed E-state index contributed by atoms with van der Waals surface area (Å²) < 4.78 is 0. The molecule has 0 aromatic carbocycles. The molecule has 3 heteroatoms. The first-order valence-electron chi connectivity index (χ1n) is 11.7. The van der Waals surface area contributed by atoms with Gasteiger partial charge in [0.05, 0.1) is 0 Å². The minimum absolute atomic E-state index is 0.254. The number of carbonyl (C=O) groups is 1. The molecule has 0 aromatic rings. The molecule has 0 rings (SSSR count). The lowest BCUT2D eigenvalue weighted by Crippen LogP contribution is -2.34. The predicted octanol–water partition coefficient (Wildman–Crippen LogP) is 6.49. The van der Waals surface area contributed by atoms with Gasteiger partial charge in [0, 0.05) is 12.5 Å². The summed E-state index contributed by atoms with van der Waals surface area (Å²) in [5.41, 5.74) is 5.52. The summed E-state index contributed by atoms with van der Waals surface area (Å²) in [6, 6.07) is 0.398. The Morgan fingerprint density at radius 1 is 0.692 bits per heavy atom. The Bertz CT molecular complexity index is 278. The lowest BCUT2D eigenvalue weighted by molar-refractivity contribution is -0.122. The molecule has 3 N–H and O–H groups in total. The molecule has 0 aliphatic heterocycles. The lowest BCUT2D eigenvalue weighted by atomic mass is 9.99. The molecule has 3 nitrogen and oxygen atoms in total. The number of amides is 1. The summed E-state index contributed by atoms with van der Waals surface area (Å²) in [5.74, 6) is 0.254. The van der Waals surface area contributed by atoms with Crippen molar-refractivity contribution in [1.29, 1.82) is 0 Å². The second kappa shape index (κ2) is 20.7. The molecule has 0 unspecified atom stereocenters. The van der Waals surface area contributed by atoms with Crippen LogP contribution in [0.3, 0.4) is 0 Å². The second-order valence-corrected chi connectivity index (χ2v) is 7.98. The molecule has 0 aromatic heterocycles. The van der Waals surface area contributed by atoms with E-state index in [1.54, 1.807) is 0 Å². The number of carbonyl (C=O) groups excluding carboxylic acids is 1. The highest BCUT2D eigenvalue weighted by Crippen LogP contribution is 2.15. The van der Waals surface area contributed by atoms with Crippen LogP contribution in [-0.2, 0) is 4.79 Å². The SMILES string of the molecule is CCCCCCCCC(CCCCCCCC)NC(=O)CCCCCN. The van der Waals surface area contributed by atoms with Crippen LogP contribution in [0.15, 0.2) is 0 Å². The van der Waals surface area contributed by atoms with E-state index in [0.717, 1.165) is 38.6 Å². The van der Waals surface area contributed by atoms with E-state index in [4.69, 9.17) is 5.73 Å². The molecule has 0 spiro atoms. The molecule has 0 saturated carbocycles. The van der Waals surface area contributed by atoms with Crippen molar-refractivity contribution in [2.24, 2.45) is 5.73 Å². The summed E-state index contributed by atoms with van der Waals surface area (Å²) in [5, 5.41) is 3.33. The first kappa shape index (κ1) is 25.4. The zero-order chi connectivity index (χ0) is 19.3. The highest BCUT2D eigenvalue weighted by atomic mass is 16.1. The summed E-state index contributed by atoms with van der Waals surface area (Å²) >= 11 is 0. The molecule has 0 atom stereocenters. The first-order valence-corrected chi connectivity index (χ1v) is 11.7. The summed E-state index contributed by atoms with van der Waals surface area (Å²) in [6.45, 7) is 5.26. The van der Waals surface area contributed by atoms with E-state index in [1.165, 1.54) is 77.0 Å². The fourth-order valence-electron chi connectivity index (χ4n) is 3.54. The highest BCUT2D eigenvalue weighted by Gasteiger charge is 2.12. The fraction of sp³-hybridized carbons (Fsp3) is 0.957. The molecular formula is C23H48N2O. The van der Waals surface area contributed by atoms with Crippen LogP contribution in [0.25, 0.3) is 0 Å². The average Bonchev–Trinajstić information content (AvgIpc) is 2.64. The molecule has 0 heterocycles. The van der Waals surface area contributed by atoms with E-state index < -0.39 is 0 Å². The quantitative estimate of drug-likeness (QED) is 0.241. The molecule has 0 fully saturated rings. The van der Waals surface area contributed by atoms with Gasteiger partial charge in [-0.3, -0.25) is 4.79 Å². The normalized spacial score (nSPS) is 11.2. The maximum absolute atomic E-state index is 12.2. The number of hydrogen-bond donors (Lipinski definition) is 2. The van der Waals surface area contributed by atoms with Gasteiger partial charge in [0.25, 0.3) is 0 Å². The molecule has 1 amide bonds. The van der Waals surface area contributed by atoms with Gasteiger partial charge in [-0.05, 0) is 32.2 Å². The van der Waals surface area contributed by atoms with E-state index in [2.05, 4.69) is 19.2 Å². The van der Waals surface area contributed by atoms with Gasteiger partial charge in [-0.25, -0.2) is 0 Å². The molecule has 156 valence electrons. The predicted molar refractivity (Wildman–Crippen MR) is 115 cm³/mol. The zero-order valence-corrected chi connectivity index (χ0v) is 18.0. The van der Waals surface area contributed by atoms with Crippen molar-refractivity contribution in [2.45, 2.75) is 135 Å². The van der Waals surface area contributed by atoms with Gasteiger partial charge in [0.2, 0.25) is 5.91 Å². The molecular weight excluding hydrogens is 320 g/mol. The van der Waals surface area contributed by atoms with Gasteiger partial charge >= 0.3 is 0 Å². The van der Waals surface area contributed by atoms with Gasteiger partial charge in [-0.15, -0.1) is 0 Å².